The minimum Gasteiger partial charge on any atom is -0.481 e. The van der Waals surface area contributed by atoms with E-state index in [1.165, 1.54) is 66.7 Å². The van der Waals surface area contributed by atoms with Gasteiger partial charge in [0.15, 0.2) is 0 Å². The predicted octanol–water partition coefficient (Wildman–Crippen LogP) is 8.01. The molecule has 2 aromatic rings. The third-order valence-corrected chi connectivity index (χ3v) is 7.14. The van der Waals surface area contributed by atoms with E-state index in [-0.39, 0.29) is 5.60 Å². The standard InChI is InChI=1S/C21H30OS2/c1-3-5-7-9-13-21(14-10-8-6-4-2)17-11-15-23-19(17)20-18(22-21)12-16-24-20/h11-12,15-16H,3-10,13-14H2,1-2H3. The molecule has 0 spiro atoms. The molecule has 0 N–H and O–H groups in total. The van der Waals surface area contributed by atoms with Crippen LogP contribution in [0.15, 0.2) is 22.9 Å². The first-order chi connectivity index (χ1) is 11.8. The lowest BCUT2D eigenvalue weighted by atomic mass is 9.82. The molecule has 2 aromatic heterocycles. The van der Waals surface area contributed by atoms with Crippen molar-refractivity contribution < 1.29 is 4.74 Å². The number of ether oxygens (including phenoxy) is 1. The van der Waals surface area contributed by atoms with E-state index in [2.05, 4.69) is 36.7 Å². The van der Waals surface area contributed by atoms with Crippen molar-refractivity contribution in [2.75, 3.05) is 0 Å². The molecule has 0 saturated carbocycles. The molecule has 1 nitrogen and oxygen atoms in total. The first kappa shape index (κ1) is 18.0. The second-order valence-electron chi connectivity index (χ2n) is 7.00. The first-order valence-corrected chi connectivity index (χ1v) is 11.4. The Morgan fingerprint density at radius 2 is 1.42 bits per heavy atom. The quantitative estimate of drug-likeness (QED) is 0.389. The molecular formula is C21H30OS2. The van der Waals surface area contributed by atoms with Gasteiger partial charge in [0, 0.05) is 5.56 Å². The van der Waals surface area contributed by atoms with Crippen LogP contribution < -0.4 is 4.74 Å². The van der Waals surface area contributed by atoms with Crippen LogP contribution in [0.2, 0.25) is 0 Å². The van der Waals surface area contributed by atoms with Crippen LogP contribution in [-0.2, 0) is 5.60 Å². The SMILES string of the molecule is CCCCCCC1(CCCCCC)Oc2ccsc2-c2sccc21. The molecule has 0 aliphatic carbocycles. The Bertz CT molecular complexity index is 613. The lowest BCUT2D eigenvalue weighted by molar-refractivity contribution is 0.0398. The van der Waals surface area contributed by atoms with Crippen molar-refractivity contribution in [1.29, 1.82) is 0 Å². The molecule has 3 rings (SSSR count). The lowest BCUT2D eigenvalue weighted by Crippen LogP contribution is -2.35. The van der Waals surface area contributed by atoms with Gasteiger partial charge >= 0.3 is 0 Å². The highest BCUT2D eigenvalue weighted by molar-refractivity contribution is 7.20. The van der Waals surface area contributed by atoms with Crippen molar-refractivity contribution in [2.45, 2.75) is 83.7 Å². The van der Waals surface area contributed by atoms with E-state index in [9.17, 15) is 0 Å². The number of unbranched alkanes of at least 4 members (excludes halogenated alkanes) is 6. The van der Waals surface area contributed by atoms with Gasteiger partial charge in [-0.1, -0.05) is 52.4 Å². The Hall–Kier alpha value is -0.800. The molecule has 3 heterocycles. The van der Waals surface area contributed by atoms with Crippen molar-refractivity contribution in [2.24, 2.45) is 0 Å². The van der Waals surface area contributed by atoms with Crippen LogP contribution in [0.3, 0.4) is 0 Å². The molecule has 0 fully saturated rings. The molecule has 0 amide bonds. The number of thiophene rings is 2. The van der Waals surface area contributed by atoms with Crippen LogP contribution >= 0.6 is 22.7 Å². The molecule has 0 aromatic carbocycles. The number of hydrogen-bond acceptors (Lipinski definition) is 3. The fraction of sp³-hybridized carbons (Fsp3) is 0.619. The second kappa shape index (κ2) is 8.53. The van der Waals surface area contributed by atoms with E-state index >= 15 is 0 Å². The summed E-state index contributed by atoms with van der Waals surface area (Å²) in [5, 5.41) is 4.44. The van der Waals surface area contributed by atoms with E-state index < -0.39 is 0 Å². The maximum Gasteiger partial charge on any atom is 0.140 e. The van der Waals surface area contributed by atoms with Gasteiger partial charge in [0.2, 0.25) is 0 Å². The molecule has 0 saturated heterocycles. The molecule has 3 heteroatoms. The zero-order chi connectivity index (χ0) is 16.8. The van der Waals surface area contributed by atoms with E-state index in [1.807, 2.05) is 22.7 Å². The summed E-state index contributed by atoms with van der Waals surface area (Å²) in [7, 11) is 0. The predicted molar refractivity (Wildman–Crippen MR) is 107 cm³/mol. The molecule has 24 heavy (non-hydrogen) atoms. The zero-order valence-electron chi connectivity index (χ0n) is 15.1. The van der Waals surface area contributed by atoms with Gasteiger partial charge in [-0.15, -0.1) is 22.7 Å². The summed E-state index contributed by atoms with van der Waals surface area (Å²) in [5.41, 5.74) is 1.39. The Morgan fingerprint density at radius 3 is 2.08 bits per heavy atom. The third kappa shape index (κ3) is 3.72. The van der Waals surface area contributed by atoms with E-state index in [0.717, 1.165) is 18.6 Å². The third-order valence-electron chi connectivity index (χ3n) is 5.17. The highest BCUT2D eigenvalue weighted by Crippen LogP contribution is 2.53. The summed E-state index contributed by atoms with van der Waals surface area (Å²) in [6, 6.07) is 4.51. The molecule has 1 aliphatic heterocycles. The van der Waals surface area contributed by atoms with Crippen molar-refractivity contribution in [3.05, 3.63) is 28.5 Å². The van der Waals surface area contributed by atoms with Gasteiger partial charge in [-0.2, -0.15) is 0 Å². The average molecular weight is 363 g/mol. The Morgan fingerprint density at radius 1 is 0.792 bits per heavy atom. The lowest BCUT2D eigenvalue weighted by Gasteiger charge is -2.38. The first-order valence-electron chi connectivity index (χ1n) is 9.65. The Balaban J connectivity index is 1.82. The summed E-state index contributed by atoms with van der Waals surface area (Å²) in [6.07, 6.45) is 12.8. The minimum atomic E-state index is -0.0785. The fourth-order valence-electron chi connectivity index (χ4n) is 3.82. The zero-order valence-corrected chi connectivity index (χ0v) is 16.7. The van der Waals surface area contributed by atoms with Crippen molar-refractivity contribution >= 4 is 22.7 Å². The molecule has 132 valence electrons. The number of hydrogen-bond donors (Lipinski definition) is 0. The van der Waals surface area contributed by atoms with E-state index in [1.54, 1.807) is 0 Å². The topological polar surface area (TPSA) is 9.23 Å². The molecule has 0 atom stereocenters. The molecule has 1 aliphatic rings. The van der Waals surface area contributed by atoms with Crippen LogP contribution in [0.1, 0.15) is 83.6 Å². The normalized spacial score (nSPS) is 14.9. The van der Waals surface area contributed by atoms with Gasteiger partial charge in [-0.05, 0) is 48.6 Å². The highest BCUT2D eigenvalue weighted by Gasteiger charge is 2.41. The van der Waals surface area contributed by atoms with Gasteiger partial charge in [-0.3, -0.25) is 0 Å². The van der Waals surface area contributed by atoms with Crippen LogP contribution in [0, 0.1) is 0 Å². The maximum absolute atomic E-state index is 6.72. The summed E-state index contributed by atoms with van der Waals surface area (Å²) >= 11 is 3.72. The van der Waals surface area contributed by atoms with Crippen LogP contribution in [0.25, 0.3) is 9.75 Å². The van der Waals surface area contributed by atoms with Crippen molar-refractivity contribution in [3.63, 3.8) is 0 Å². The van der Waals surface area contributed by atoms with E-state index in [4.69, 9.17) is 4.74 Å². The Labute approximate surface area is 155 Å². The van der Waals surface area contributed by atoms with Gasteiger partial charge in [0.1, 0.15) is 11.4 Å². The molecule has 0 unspecified atom stereocenters. The molecule has 0 radical (unpaired) electrons. The van der Waals surface area contributed by atoms with Crippen LogP contribution in [-0.4, -0.2) is 0 Å². The second-order valence-corrected chi connectivity index (χ2v) is 8.83. The maximum atomic E-state index is 6.72. The van der Waals surface area contributed by atoms with E-state index in [0.29, 0.717) is 0 Å². The van der Waals surface area contributed by atoms with Gasteiger partial charge in [-0.25, -0.2) is 0 Å². The monoisotopic (exact) mass is 362 g/mol. The summed E-state index contributed by atoms with van der Waals surface area (Å²) in [5.74, 6) is 1.13. The largest absolute Gasteiger partial charge is 0.481 e. The molecule has 0 bridgehead atoms. The van der Waals surface area contributed by atoms with Gasteiger partial charge in [0.05, 0.1) is 9.75 Å². The van der Waals surface area contributed by atoms with Crippen LogP contribution in [0.4, 0.5) is 0 Å². The summed E-state index contributed by atoms with van der Waals surface area (Å²) in [4.78, 5) is 2.81. The smallest absolute Gasteiger partial charge is 0.140 e. The Kier molecular flexibility index (Phi) is 6.40. The summed E-state index contributed by atoms with van der Waals surface area (Å²) < 4.78 is 6.72. The highest BCUT2D eigenvalue weighted by atomic mass is 32.1. The van der Waals surface area contributed by atoms with Crippen molar-refractivity contribution in [3.8, 4) is 15.5 Å². The van der Waals surface area contributed by atoms with Crippen LogP contribution in [0.5, 0.6) is 5.75 Å². The molecular weight excluding hydrogens is 332 g/mol. The van der Waals surface area contributed by atoms with Crippen molar-refractivity contribution in [1.82, 2.24) is 0 Å². The minimum absolute atomic E-state index is 0.0785. The number of rotatable bonds is 10. The summed E-state index contributed by atoms with van der Waals surface area (Å²) in [6.45, 7) is 4.57. The van der Waals surface area contributed by atoms with Gasteiger partial charge in [0.25, 0.3) is 0 Å². The average Bonchev–Trinajstić information content (AvgIpc) is 3.24. The fourth-order valence-corrected chi connectivity index (χ4v) is 5.81. The van der Waals surface area contributed by atoms with Gasteiger partial charge < -0.3 is 4.74 Å². The number of fused-ring (bicyclic) bond motifs is 3.